The van der Waals surface area contributed by atoms with Crippen LogP contribution < -0.4 is 9.47 Å². The number of benzene rings is 2. The largest absolute Gasteiger partial charge is 0.494 e. The van der Waals surface area contributed by atoms with Crippen LogP contribution in [0, 0.1) is 11.8 Å². The van der Waals surface area contributed by atoms with Crippen LogP contribution in [0.3, 0.4) is 0 Å². The van der Waals surface area contributed by atoms with Gasteiger partial charge in [0.25, 0.3) is 0 Å². The number of hydrogen-bond acceptors (Lipinski definition) is 5. The zero-order valence-corrected chi connectivity index (χ0v) is 21.2. The maximum Gasteiger partial charge on any atom is 0.343 e. The van der Waals surface area contributed by atoms with Crippen LogP contribution in [0.25, 0.3) is 0 Å². The Morgan fingerprint density at radius 2 is 1.32 bits per heavy atom. The predicted octanol–water partition coefficient (Wildman–Crippen LogP) is 7.48. The van der Waals surface area contributed by atoms with E-state index in [0.717, 1.165) is 43.8 Å². The molecule has 0 saturated carbocycles. The number of unbranched alkanes of at least 4 members (excludes halogenated alkanes) is 2. The molecule has 5 nitrogen and oxygen atoms in total. The van der Waals surface area contributed by atoms with E-state index in [2.05, 4.69) is 27.7 Å². The van der Waals surface area contributed by atoms with Gasteiger partial charge in [-0.05, 0) is 73.2 Å². The topological polar surface area (TPSA) is 61.8 Å². The van der Waals surface area contributed by atoms with E-state index < -0.39 is 5.97 Å². The van der Waals surface area contributed by atoms with Gasteiger partial charge in [0.05, 0.1) is 24.3 Å². The second-order valence-corrected chi connectivity index (χ2v) is 9.35. The lowest BCUT2D eigenvalue weighted by Crippen LogP contribution is -2.10. The number of esters is 2. The monoisotopic (exact) mass is 468 g/mol. The van der Waals surface area contributed by atoms with Gasteiger partial charge in [0.1, 0.15) is 11.5 Å². The molecule has 0 bridgehead atoms. The van der Waals surface area contributed by atoms with Crippen molar-refractivity contribution in [2.75, 3.05) is 13.2 Å². The Balaban J connectivity index is 1.75. The summed E-state index contributed by atoms with van der Waals surface area (Å²) >= 11 is 0. The Hall–Kier alpha value is -2.82. The molecule has 0 aliphatic rings. The third-order valence-corrected chi connectivity index (χ3v) is 5.73. The van der Waals surface area contributed by atoms with E-state index in [1.807, 2.05) is 0 Å². The normalized spacial score (nSPS) is 11.8. The standard InChI is InChI=1S/C29H40O5/c1-5-6-7-20-32-26-15-11-25(12-16-26)29(31)34-27-17-13-24(14-18-27)28(30)33-21-19-23(4)10-8-9-22(2)3/h11-18,22-23H,5-10,19-21H2,1-4H3. The van der Waals surface area contributed by atoms with Gasteiger partial charge in [-0.2, -0.15) is 0 Å². The second kappa shape index (κ2) is 15.2. The molecular formula is C29H40O5. The maximum absolute atomic E-state index is 12.4. The Labute approximate surface area is 204 Å². The van der Waals surface area contributed by atoms with Crippen LogP contribution in [0.15, 0.2) is 48.5 Å². The van der Waals surface area contributed by atoms with Gasteiger partial charge in [0.2, 0.25) is 0 Å². The molecule has 2 aromatic carbocycles. The van der Waals surface area contributed by atoms with Crippen LogP contribution in [0.4, 0.5) is 0 Å². The van der Waals surface area contributed by atoms with Gasteiger partial charge in [0, 0.05) is 0 Å². The summed E-state index contributed by atoms with van der Waals surface area (Å²) in [6.07, 6.45) is 7.77. The van der Waals surface area contributed by atoms with Gasteiger partial charge in [-0.1, -0.05) is 59.8 Å². The fourth-order valence-electron chi connectivity index (χ4n) is 3.51. The molecule has 34 heavy (non-hydrogen) atoms. The van der Waals surface area contributed by atoms with Crippen molar-refractivity contribution in [1.29, 1.82) is 0 Å². The average Bonchev–Trinajstić information content (AvgIpc) is 2.82. The lowest BCUT2D eigenvalue weighted by molar-refractivity contribution is 0.0483. The highest BCUT2D eigenvalue weighted by Gasteiger charge is 2.12. The fraction of sp³-hybridized carbons (Fsp3) is 0.517. The third kappa shape index (κ3) is 10.4. The summed E-state index contributed by atoms with van der Waals surface area (Å²) in [6, 6.07) is 13.4. The molecule has 0 spiro atoms. The van der Waals surface area contributed by atoms with E-state index >= 15 is 0 Å². The molecule has 1 unspecified atom stereocenters. The minimum absolute atomic E-state index is 0.359. The molecule has 2 rings (SSSR count). The number of rotatable bonds is 15. The molecule has 0 heterocycles. The minimum atomic E-state index is -0.459. The lowest BCUT2D eigenvalue weighted by atomic mass is 9.98. The summed E-state index contributed by atoms with van der Waals surface area (Å²) in [5, 5.41) is 0. The molecule has 0 amide bonds. The van der Waals surface area contributed by atoms with E-state index in [1.54, 1.807) is 48.5 Å². The highest BCUT2D eigenvalue weighted by molar-refractivity contribution is 5.92. The number of ether oxygens (including phenoxy) is 3. The van der Waals surface area contributed by atoms with E-state index in [-0.39, 0.29) is 5.97 Å². The first-order chi connectivity index (χ1) is 16.4. The van der Waals surface area contributed by atoms with Crippen molar-refractivity contribution in [3.05, 3.63) is 59.7 Å². The van der Waals surface area contributed by atoms with Gasteiger partial charge in [-0.3, -0.25) is 0 Å². The van der Waals surface area contributed by atoms with Crippen molar-refractivity contribution < 1.29 is 23.8 Å². The highest BCUT2D eigenvalue weighted by atomic mass is 16.5. The van der Waals surface area contributed by atoms with E-state index in [9.17, 15) is 9.59 Å². The summed E-state index contributed by atoms with van der Waals surface area (Å²) in [6.45, 7) is 9.91. The number of carbonyl (C=O) groups is 2. The van der Waals surface area contributed by atoms with Gasteiger partial charge in [-0.15, -0.1) is 0 Å². The van der Waals surface area contributed by atoms with Gasteiger partial charge < -0.3 is 14.2 Å². The van der Waals surface area contributed by atoms with Crippen LogP contribution in [0.2, 0.25) is 0 Å². The summed E-state index contributed by atoms with van der Waals surface area (Å²) in [5.41, 5.74) is 0.878. The Bertz CT molecular complexity index is 855. The first kappa shape index (κ1) is 27.4. The van der Waals surface area contributed by atoms with E-state index in [0.29, 0.717) is 36.0 Å². The summed E-state index contributed by atoms with van der Waals surface area (Å²) < 4.78 is 16.5. The highest BCUT2D eigenvalue weighted by Crippen LogP contribution is 2.19. The maximum atomic E-state index is 12.4. The molecule has 0 aromatic heterocycles. The Morgan fingerprint density at radius 3 is 1.94 bits per heavy atom. The third-order valence-electron chi connectivity index (χ3n) is 5.73. The molecule has 0 aliphatic carbocycles. The second-order valence-electron chi connectivity index (χ2n) is 9.35. The zero-order chi connectivity index (χ0) is 24.8. The molecule has 0 aliphatic heterocycles. The average molecular weight is 469 g/mol. The van der Waals surface area contributed by atoms with Crippen molar-refractivity contribution in [3.8, 4) is 11.5 Å². The van der Waals surface area contributed by atoms with Gasteiger partial charge >= 0.3 is 11.9 Å². The summed E-state index contributed by atoms with van der Waals surface area (Å²) in [7, 11) is 0. The quantitative estimate of drug-likeness (QED) is 0.154. The Kier molecular flexibility index (Phi) is 12.2. The predicted molar refractivity (Wildman–Crippen MR) is 136 cm³/mol. The van der Waals surface area contributed by atoms with Crippen molar-refractivity contribution in [2.24, 2.45) is 11.8 Å². The van der Waals surface area contributed by atoms with Crippen LogP contribution in [0.1, 0.15) is 93.4 Å². The molecule has 186 valence electrons. The molecule has 5 heteroatoms. The molecule has 1 atom stereocenters. The molecule has 0 radical (unpaired) electrons. The van der Waals surface area contributed by atoms with Crippen molar-refractivity contribution in [3.63, 3.8) is 0 Å². The first-order valence-corrected chi connectivity index (χ1v) is 12.6. The molecular weight excluding hydrogens is 428 g/mol. The SMILES string of the molecule is CCCCCOc1ccc(C(=O)Oc2ccc(C(=O)OCCC(C)CCCC(C)C)cc2)cc1. The van der Waals surface area contributed by atoms with Crippen molar-refractivity contribution >= 4 is 11.9 Å². The molecule has 0 fully saturated rings. The zero-order valence-electron chi connectivity index (χ0n) is 21.2. The molecule has 0 saturated heterocycles. The van der Waals surface area contributed by atoms with Crippen LogP contribution in [-0.4, -0.2) is 25.2 Å². The number of hydrogen-bond donors (Lipinski definition) is 0. The van der Waals surface area contributed by atoms with Crippen molar-refractivity contribution in [1.82, 2.24) is 0 Å². The minimum Gasteiger partial charge on any atom is -0.494 e. The number of carbonyl (C=O) groups excluding carboxylic acids is 2. The Morgan fingerprint density at radius 1 is 0.706 bits per heavy atom. The van der Waals surface area contributed by atoms with E-state index in [1.165, 1.54) is 12.8 Å². The smallest absolute Gasteiger partial charge is 0.343 e. The van der Waals surface area contributed by atoms with Crippen LogP contribution in [0.5, 0.6) is 11.5 Å². The van der Waals surface area contributed by atoms with E-state index in [4.69, 9.17) is 14.2 Å². The van der Waals surface area contributed by atoms with Gasteiger partial charge in [0.15, 0.2) is 0 Å². The summed E-state index contributed by atoms with van der Waals surface area (Å²) in [4.78, 5) is 24.7. The fourth-order valence-corrected chi connectivity index (χ4v) is 3.51. The van der Waals surface area contributed by atoms with Gasteiger partial charge in [-0.25, -0.2) is 9.59 Å². The molecule has 2 aromatic rings. The van der Waals surface area contributed by atoms with Crippen molar-refractivity contribution in [2.45, 2.75) is 72.6 Å². The molecule has 0 N–H and O–H groups in total. The summed E-state index contributed by atoms with van der Waals surface area (Å²) in [5.74, 6) is 1.56. The lowest BCUT2D eigenvalue weighted by Gasteiger charge is -2.12. The first-order valence-electron chi connectivity index (χ1n) is 12.6. The van der Waals surface area contributed by atoms with Crippen LogP contribution >= 0.6 is 0 Å². The van der Waals surface area contributed by atoms with Crippen LogP contribution in [-0.2, 0) is 4.74 Å².